The molecule has 0 radical (unpaired) electrons. The highest BCUT2D eigenvalue weighted by atomic mass is 19.1. The van der Waals surface area contributed by atoms with Crippen molar-refractivity contribution in [3.8, 4) is 0 Å². The van der Waals surface area contributed by atoms with Gasteiger partial charge in [0, 0.05) is 17.6 Å². The number of hydrogen-bond acceptors (Lipinski definition) is 3. The Morgan fingerprint density at radius 1 is 1.17 bits per heavy atom. The molecule has 1 unspecified atom stereocenters. The maximum Gasteiger partial charge on any atom is 0.331 e. The van der Waals surface area contributed by atoms with Crippen LogP contribution in [0, 0.1) is 11.2 Å². The van der Waals surface area contributed by atoms with E-state index in [2.05, 4.69) is 0 Å². The van der Waals surface area contributed by atoms with Crippen LogP contribution in [0.4, 0.5) is 4.39 Å². The minimum atomic E-state index is -1.61. The normalized spacial score (nSPS) is 20.4. The van der Waals surface area contributed by atoms with E-state index in [1.807, 2.05) is 0 Å². The summed E-state index contributed by atoms with van der Waals surface area (Å²) < 4.78 is 12.9. The Morgan fingerprint density at radius 2 is 1.78 bits per heavy atom. The van der Waals surface area contributed by atoms with Crippen molar-refractivity contribution in [1.82, 2.24) is 0 Å². The average Bonchev–Trinajstić information content (AvgIpc) is 2.46. The number of allylic oxidation sites excluding steroid dienone is 2. The lowest BCUT2D eigenvalue weighted by molar-refractivity contribution is -0.146. The highest BCUT2D eigenvalue weighted by Crippen LogP contribution is 2.38. The molecule has 0 spiro atoms. The first-order chi connectivity index (χ1) is 10.7. The van der Waals surface area contributed by atoms with Crippen LogP contribution in [0.15, 0.2) is 47.6 Å². The van der Waals surface area contributed by atoms with Crippen LogP contribution in [-0.4, -0.2) is 27.9 Å². The van der Waals surface area contributed by atoms with Gasteiger partial charge >= 0.3 is 11.9 Å². The SMILES string of the molecule is CC1=CC(CC(=O)c2ccc(F)cc2)(C(=O)O)CC(C(=O)O)=C1. The van der Waals surface area contributed by atoms with E-state index < -0.39 is 35.4 Å². The molecule has 0 aliphatic heterocycles. The van der Waals surface area contributed by atoms with Crippen molar-refractivity contribution in [3.63, 3.8) is 0 Å². The fraction of sp³-hybridized carbons (Fsp3) is 0.235. The molecule has 120 valence electrons. The zero-order valence-corrected chi connectivity index (χ0v) is 12.4. The van der Waals surface area contributed by atoms with Crippen molar-refractivity contribution in [2.75, 3.05) is 0 Å². The zero-order chi connectivity index (χ0) is 17.2. The van der Waals surface area contributed by atoms with Crippen LogP contribution in [0.3, 0.4) is 0 Å². The first-order valence-corrected chi connectivity index (χ1v) is 6.89. The monoisotopic (exact) mass is 318 g/mol. The number of carbonyl (C=O) groups excluding carboxylic acids is 1. The molecule has 2 rings (SSSR count). The molecular formula is C17H15FO5. The summed E-state index contributed by atoms with van der Waals surface area (Å²) in [5.74, 6) is -3.46. The van der Waals surface area contributed by atoms with E-state index in [0.29, 0.717) is 5.57 Å². The minimum absolute atomic E-state index is 0.0562. The number of hydrogen-bond donors (Lipinski definition) is 2. The van der Waals surface area contributed by atoms with E-state index in [0.717, 1.165) is 12.1 Å². The van der Waals surface area contributed by atoms with Gasteiger partial charge in [-0.1, -0.05) is 11.6 Å². The Hall–Kier alpha value is -2.76. The third-order valence-corrected chi connectivity index (χ3v) is 3.75. The Morgan fingerprint density at radius 3 is 2.30 bits per heavy atom. The predicted molar refractivity (Wildman–Crippen MR) is 79.5 cm³/mol. The van der Waals surface area contributed by atoms with Gasteiger partial charge in [0.15, 0.2) is 5.78 Å². The lowest BCUT2D eigenvalue weighted by atomic mass is 9.72. The van der Waals surface area contributed by atoms with Crippen molar-refractivity contribution in [1.29, 1.82) is 0 Å². The van der Waals surface area contributed by atoms with Crippen molar-refractivity contribution in [3.05, 3.63) is 58.9 Å². The van der Waals surface area contributed by atoms with Crippen LogP contribution in [0.2, 0.25) is 0 Å². The molecule has 1 aliphatic carbocycles. The van der Waals surface area contributed by atoms with Crippen LogP contribution in [0.25, 0.3) is 0 Å². The number of aliphatic carboxylic acids is 2. The van der Waals surface area contributed by atoms with E-state index >= 15 is 0 Å². The van der Waals surface area contributed by atoms with Gasteiger partial charge in [0.1, 0.15) is 5.82 Å². The first kappa shape index (κ1) is 16.6. The highest BCUT2D eigenvalue weighted by Gasteiger charge is 2.42. The molecule has 1 aromatic rings. The van der Waals surface area contributed by atoms with Gasteiger partial charge in [-0.15, -0.1) is 0 Å². The zero-order valence-electron chi connectivity index (χ0n) is 12.4. The number of benzene rings is 1. The van der Waals surface area contributed by atoms with Gasteiger partial charge in [0.2, 0.25) is 0 Å². The molecule has 6 heteroatoms. The van der Waals surface area contributed by atoms with Gasteiger partial charge in [0.05, 0.1) is 5.41 Å². The molecule has 2 N–H and O–H groups in total. The largest absolute Gasteiger partial charge is 0.481 e. The van der Waals surface area contributed by atoms with Crippen LogP contribution in [0.1, 0.15) is 30.1 Å². The van der Waals surface area contributed by atoms with E-state index in [-0.39, 0.29) is 17.6 Å². The summed E-state index contributed by atoms with van der Waals surface area (Å²) in [7, 11) is 0. The van der Waals surface area contributed by atoms with Crippen molar-refractivity contribution >= 4 is 17.7 Å². The number of carboxylic acid groups (broad SMARTS) is 2. The Bertz CT molecular complexity index is 730. The highest BCUT2D eigenvalue weighted by molar-refractivity contribution is 6.00. The third-order valence-electron chi connectivity index (χ3n) is 3.75. The van der Waals surface area contributed by atoms with Gasteiger partial charge in [-0.25, -0.2) is 9.18 Å². The van der Waals surface area contributed by atoms with Crippen molar-refractivity contribution in [2.24, 2.45) is 5.41 Å². The summed E-state index contributed by atoms with van der Waals surface area (Å²) in [4.78, 5) is 35.3. The van der Waals surface area contributed by atoms with E-state index in [4.69, 9.17) is 5.11 Å². The second-order valence-corrected chi connectivity index (χ2v) is 5.61. The molecule has 0 saturated carbocycles. The number of carbonyl (C=O) groups is 3. The molecule has 1 aromatic carbocycles. The Balaban J connectivity index is 2.34. The third kappa shape index (κ3) is 3.53. The van der Waals surface area contributed by atoms with E-state index in [1.165, 1.54) is 24.3 Å². The van der Waals surface area contributed by atoms with E-state index in [1.54, 1.807) is 6.92 Å². The molecule has 23 heavy (non-hydrogen) atoms. The fourth-order valence-corrected chi connectivity index (χ4v) is 2.68. The summed E-state index contributed by atoms with van der Waals surface area (Å²) in [6, 6.07) is 4.79. The second-order valence-electron chi connectivity index (χ2n) is 5.61. The summed E-state index contributed by atoms with van der Waals surface area (Å²) in [6.07, 6.45) is 2.13. The molecule has 0 heterocycles. The second kappa shape index (κ2) is 6.16. The average molecular weight is 318 g/mol. The Labute approximate surface area is 131 Å². The smallest absolute Gasteiger partial charge is 0.331 e. The van der Waals surface area contributed by atoms with Crippen LogP contribution >= 0.6 is 0 Å². The molecule has 5 nitrogen and oxygen atoms in total. The molecule has 1 aliphatic rings. The van der Waals surface area contributed by atoms with Crippen LogP contribution < -0.4 is 0 Å². The quantitative estimate of drug-likeness (QED) is 0.815. The van der Waals surface area contributed by atoms with Crippen molar-refractivity contribution in [2.45, 2.75) is 19.8 Å². The molecule has 1 atom stereocenters. The Kier molecular flexibility index (Phi) is 4.45. The lowest BCUT2D eigenvalue weighted by Crippen LogP contribution is -2.35. The van der Waals surface area contributed by atoms with E-state index in [9.17, 15) is 23.9 Å². The molecule has 0 amide bonds. The van der Waals surface area contributed by atoms with Gasteiger partial charge in [0.25, 0.3) is 0 Å². The number of Topliss-reactive ketones (excluding diaryl/α,β-unsaturated/α-hetero) is 1. The fourth-order valence-electron chi connectivity index (χ4n) is 2.68. The molecular weight excluding hydrogens is 303 g/mol. The molecule has 0 aromatic heterocycles. The van der Waals surface area contributed by atoms with Crippen LogP contribution in [0.5, 0.6) is 0 Å². The summed E-state index contributed by atoms with van der Waals surface area (Å²) in [6.45, 7) is 1.59. The maximum absolute atomic E-state index is 12.9. The minimum Gasteiger partial charge on any atom is -0.481 e. The summed E-state index contributed by atoms with van der Waals surface area (Å²) in [5.41, 5.74) is -1.01. The number of halogens is 1. The summed E-state index contributed by atoms with van der Waals surface area (Å²) in [5, 5.41) is 18.7. The topological polar surface area (TPSA) is 91.7 Å². The molecule has 0 fully saturated rings. The van der Waals surface area contributed by atoms with Gasteiger partial charge in [-0.2, -0.15) is 0 Å². The van der Waals surface area contributed by atoms with Crippen LogP contribution in [-0.2, 0) is 9.59 Å². The summed E-state index contributed by atoms with van der Waals surface area (Å²) >= 11 is 0. The predicted octanol–water partition coefficient (Wildman–Crippen LogP) is 2.83. The number of rotatable bonds is 5. The number of ketones is 1. The number of carboxylic acids is 2. The van der Waals surface area contributed by atoms with Crippen molar-refractivity contribution < 1.29 is 29.0 Å². The molecule has 0 bridgehead atoms. The van der Waals surface area contributed by atoms with Gasteiger partial charge in [-0.3, -0.25) is 9.59 Å². The van der Waals surface area contributed by atoms with Gasteiger partial charge < -0.3 is 10.2 Å². The van der Waals surface area contributed by atoms with Gasteiger partial charge in [-0.05, 0) is 43.7 Å². The first-order valence-electron chi connectivity index (χ1n) is 6.89. The molecule has 0 saturated heterocycles. The maximum atomic E-state index is 12.9. The lowest BCUT2D eigenvalue weighted by Gasteiger charge is -2.29. The standard InChI is InChI=1S/C17H15FO5/c1-10-6-12(15(20)21)8-17(7-10,16(22)23)9-14(19)11-2-4-13(18)5-3-11/h2-7H,8-9H2,1H3,(H,20,21)(H,22,23).